The predicted octanol–water partition coefficient (Wildman–Crippen LogP) is 3.23. The van der Waals surface area contributed by atoms with Gasteiger partial charge < -0.3 is 10.1 Å². The molecule has 0 aliphatic heterocycles. The molecule has 0 unspecified atom stereocenters. The highest BCUT2D eigenvalue weighted by Crippen LogP contribution is 2.22. The third kappa shape index (κ3) is 5.36. The first-order chi connectivity index (χ1) is 9.46. The van der Waals surface area contributed by atoms with Crippen LogP contribution in [-0.4, -0.2) is 23.8 Å². The van der Waals surface area contributed by atoms with Gasteiger partial charge in [0.25, 0.3) is 0 Å². The average Bonchev–Trinajstić information content (AvgIpc) is 3.18. The molecule has 0 saturated heterocycles. The van der Waals surface area contributed by atoms with Crippen LogP contribution in [0.3, 0.4) is 0 Å². The number of pyridine rings is 1. The van der Waals surface area contributed by atoms with Crippen LogP contribution in [0.25, 0.3) is 0 Å². The molecule has 6 heteroatoms. The molecule has 0 radical (unpaired) electrons. The quantitative estimate of drug-likeness (QED) is 0.836. The first-order valence-electron chi connectivity index (χ1n) is 6.89. The molecule has 1 aromatic heterocycles. The maximum absolute atomic E-state index is 12.1. The third-order valence-corrected chi connectivity index (χ3v) is 3.08. The van der Waals surface area contributed by atoms with Gasteiger partial charge in [-0.05, 0) is 30.9 Å². The fourth-order valence-corrected chi connectivity index (χ4v) is 1.80. The summed E-state index contributed by atoms with van der Waals surface area (Å²) < 4.78 is 41.4. The lowest BCUT2D eigenvalue weighted by molar-refractivity contribution is -0.139. The van der Waals surface area contributed by atoms with Gasteiger partial charge >= 0.3 is 6.18 Å². The number of ether oxygens (including phenoxy) is 1. The Balaban J connectivity index is 1.93. The minimum absolute atomic E-state index is 0.279. The van der Waals surface area contributed by atoms with Gasteiger partial charge in [0.1, 0.15) is 0 Å². The molecule has 1 saturated carbocycles. The molecule has 1 N–H and O–H groups in total. The molecular formula is C14H19F3N2O. The molecule has 1 aliphatic carbocycles. The maximum Gasteiger partial charge on any atom is 0.392 e. The van der Waals surface area contributed by atoms with Crippen LogP contribution in [-0.2, 0) is 13.0 Å². The number of rotatable bonds is 7. The fraction of sp³-hybridized carbons (Fsp3) is 0.643. The predicted molar refractivity (Wildman–Crippen MR) is 69.6 cm³/mol. The molecular weight excluding hydrogens is 269 g/mol. The molecule has 0 amide bonds. The normalized spacial score (nSPS) is 15.4. The highest BCUT2D eigenvalue weighted by atomic mass is 19.4. The summed E-state index contributed by atoms with van der Waals surface area (Å²) in [5.41, 5.74) is 1.84. The van der Waals surface area contributed by atoms with Gasteiger partial charge in [0, 0.05) is 24.3 Å². The standard InChI is InChI=1S/C14H19F3N2O/c1-2-11-7-10(9-18-12-3-4-12)8-13(19-11)20-6-5-14(15,16)17/h7-8,12,18H,2-6,9H2,1H3. The fourth-order valence-electron chi connectivity index (χ4n) is 1.80. The Morgan fingerprint density at radius 2 is 2.10 bits per heavy atom. The van der Waals surface area contributed by atoms with E-state index in [2.05, 4.69) is 10.3 Å². The second-order valence-corrected chi connectivity index (χ2v) is 5.03. The summed E-state index contributed by atoms with van der Waals surface area (Å²) in [6.07, 6.45) is -2.03. The topological polar surface area (TPSA) is 34.1 Å². The maximum atomic E-state index is 12.1. The van der Waals surface area contributed by atoms with Gasteiger partial charge in [-0.1, -0.05) is 6.92 Å². The van der Waals surface area contributed by atoms with Crippen LogP contribution in [0.1, 0.15) is 37.4 Å². The van der Waals surface area contributed by atoms with Gasteiger partial charge in [-0.2, -0.15) is 13.2 Å². The van der Waals surface area contributed by atoms with Crippen molar-refractivity contribution in [1.29, 1.82) is 0 Å². The molecule has 0 bridgehead atoms. The van der Waals surface area contributed by atoms with Gasteiger partial charge in [-0.15, -0.1) is 0 Å². The van der Waals surface area contributed by atoms with Crippen LogP contribution >= 0.6 is 0 Å². The molecule has 0 aromatic carbocycles. The number of hydrogen-bond acceptors (Lipinski definition) is 3. The second kappa shape index (κ2) is 6.43. The van der Waals surface area contributed by atoms with Crippen molar-refractivity contribution in [3.05, 3.63) is 23.4 Å². The van der Waals surface area contributed by atoms with E-state index in [1.165, 1.54) is 12.8 Å². The van der Waals surface area contributed by atoms with Crippen LogP contribution in [0.4, 0.5) is 13.2 Å². The summed E-state index contributed by atoms with van der Waals surface area (Å²) in [5.74, 6) is 0.279. The van der Waals surface area contributed by atoms with E-state index in [1.807, 2.05) is 13.0 Å². The zero-order valence-electron chi connectivity index (χ0n) is 11.5. The van der Waals surface area contributed by atoms with Crippen LogP contribution < -0.4 is 10.1 Å². The van der Waals surface area contributed by atoms with E-state index < -0.39 is 12.6 Å². The van der Waals surface area contributed by atoms with Crippen molar-refractivity contribution in [1.82, 2.24) is 10.3 Å². The van der Waals surface area contributed by atoms with Crippen molar-refractivity contribution in [3.63, 3.8) is 0 Å². The van der Waals surface area contributed by atoms with Gasteiger partial charge in [0.15, 0.2) is 0 Å². The van der Waals surface area contributed by atoms with E-state index in [0.717, 1.165) is 17.7 Å². The Labute approximate surface area is 116 Å². The molecule has 2 rings (SSSR count). The zero-order valence-corrected chi connectivity index (χ0v) is 11.5. The minimum Gasteiger partial charge on any atom is -0.477 e. The van der Waals surface area contributed by atoms with Crippen molar-refractivity contribution >= 4 is 0 Å². The molecule has 1 fully saturated rings. The smallest absolute Gasteiger partial charge is 0.392 e. The van der Waals surface area contributed by atoms with Crippen molar-refractivity contribution in [2.75, 3.05) is 6.61 Å². The number of nitrogens with one attached hydrogen (secondary N) is 1. The lowest BCUT2D eigenvalue weighted by atomic mass is 10.2. The first-order valence-corrected chi connectivity index (χ1v) is 6.89. The summed E-state index contributed by atoms with van der Waals surface area (Å²) in [5, 5.41) is 3.37. The molecule has 1 aromatic rings. The number of halogens is 3. The Kier molecular flexibility index (Phi) is 4.86. The number of alkyl halides is 3. The van der Waals surface area contributed by atoms with E-state index in [-0.39, 0.29) is 12.5 Å². The van der Waals surface area contributed by atoms with Crippen molar-refractivity contribution in [2.24, 2.45) is 0 Å². The van der Waals surface area contributed by atoms with Gasteiger partial charge in [0.05, 0.1) is 13.0 Å². The van der Waals surface area contributed by atoms with Gasteiger partial charge in [-0.3, -0.25) is 0 Å². The Hall–Kier alpha value is -1.30. The van der Waals surface area contributed by atoms with Crippen LogP contribution in [0.15, 0.2) is 12.1 Å². The summed E-state index contributed by atoms with van der Waals surface area (Å²) >= 11 is 0. The lowest BCUT2D eigenvalue weighted by Crippen LogP contribution is -2.16. The van der Waals surface area contributed by atoms with Crippen molar-refractivity contribution < 1.29 is 17.9 Å². The SMILES string of the molecule is CCc1cc(CNC2CC2)cc(OCCC(F)(F)F)n1. The summed E-state index contributed by atoms with van der Waals surface area (Å²) in [4.78, 5) is 4.20. The first kappa shape index (κ1) is 15.1. The molecule has 1 heterocycles. The Morgan fingerprint density at radius 1 is 1.35 bits per heavy atom. The number of aromatic nitrogens is 1. The van der Waals surface area contributed by atoms with Gasteiger partial charge in [-0.25, -0.2) is 4.98 Å². The van der Waals surface area contributed by atoms with Crippen molar-refractivity contribution in [2.45, 2.75) is 51.4 Å². The molecule has 20 heavy (non-hydrogen) atoms. The average molecular weight is 288 g/mol. The summed E-state index contributed by atoms with van der Waals surface area (Å²) in [7, 11) is 0. The molecule has 3 nitrogen and oxygen atoms in total. The Bertz CT molecular complexity index is 445. The molecule has 1 aliphatic rings. The third-order valence-electron chi connectivity index (χ3n) is 3.08. The van der Waals surface area contributed by atoms with E-state index in [0.29, 0.717) is 12.6 Å². The molecule has 112 valence electrons. The van der Waals surface area contributed by atoms with Crippen LogP contribution in [0.2, 0.25) is 0 Å². The molecule has 0 atom stereocenters. The Morgan fingerprint density at radius 3 is 2.70 bits per heavy atom. The monoisotopic (exact) mass is 288 g/mol. The number of hydrogen-bond donors (Lipinski definition) is 1. The van der Waals surface area contributed by atoms with Crippen molar-refractivity contribution in [3.8, 4) is 5.88 Å². The van der Waals surface area contributed by atoms with Gasteiger partial charge in [0.2, 0.25) is 5.88 Å². The van der Waals surface area contributed by atoms with Crippen LogP contribution in [0, 0.1) is 0 Å². The largest absolute Gasteiger partial charge is 0.477 e. The number of aryl methyl sites for hydroxylation is 1. The van der Waals surface area contributed by atoms with Crippen LogP contribution in [0.5, 0.6) is 5.88 Å². The van der Waals surface area contributed by atoms with E-state index in [1.54, 1.807) is 6.07 Å². The summed E-state index contributed by atoms with van der Waals surface area (Å²) in [6.45, 7) is 2.27. The minimum atomic E-state index is -4.20. The second-order valence-electron chi connectivity index (χ2n) is 5.03. The number of nitrogens with zero attached hydrogens (tertiary/aromatic N) is 1. The van der Waals surface area contributed by atoms with E-state index >= 15 is 0 Å². The lowest BCUT2D eigenvalue weighted by Gasteiger charge is -2.11. The van der Waals surface area contributed by atoms with E-state index in [9.17, 15) is 13.2 Å². The zero-order chi connectivity index (χ0) is 14.6. The van der Waals surface area contributed by atoms with E-state index in [4.69, 9.17) is 4.74 Å². The summed E-state index contributed by atoms with van der Waals surface area (Å²) in [6, 6.07) is 4.26. The highest BCUT2D eigenvalue weighted by molar-refractivity contribution is 5.25. The molecule has 0 spiro atoms. The highest BCUT2D eigenvalue weighted by Gasteiger charge is 2.27.